The Morgan fingerprint density at radius 3 is 2.30 bits per heavy atom. The average molecular weight is 487 g/mol. The molecule has 0 fully saturated rings. The first kappa shape index (κ1) is 19.7. The van der Waals surface area contributed by atoms with Gasteiger partial charge in [0.05, 0.1) is 10.9 Å². The fourth-order valence-corrected chi connectivity index (χ4v) is 3.25. The monoisotopic (exact) mass is 487 g/mol. The molecular formula is C20H17F3INO2. The van der Waals surface area contributed by atoms with Crippen molar-refractivity contribution in [3.63, 3.8) is 0 Å². The molecule has 0 bridgehead atoms. The van der Waals surface area contributed by atoms with Crippen LogP contribution in [0.1, 0.15) is 16.8 Å². The van der Waals surface area contributed by atoms with Gasteiger partial charge >= 0.3 is 6.18 Å². The second-order valence-corrected chi connectivity index (χ2v) is 6.36. The lowest BCUT2D eigenvalue weighted by Gasteiger charge is -2.08. The van der Waals surface area contributed by atoms with Crippen molar-refractivity contribution in [1.82, 2.24) is 0 Å². The first-order chi connectivity index (χ1) is 12.4. The van der Waals surface area contributed by atoms with Crippen LogP contribution < -0.4 is 38.0 Å². The summed E-state index contributed by atoms with van der Waals surface area (Å²) < 4.78 is 51.0. The number of nitrogens with zero attached hydrogens (tertiary/aromatic N) is 1. The van der Waals surface area contributed by atoms with Gasteiger partial charge in [-0.1, -0.05) is 12.1 Å². The highest BCUT2D eigenvalue weighted by Crippen LogP contribution is 2.36. The minimum atomic E-state index is -4.30. The summed E-state index contributed by atoms with van der Waals surface area (Å²) in [6, 6.07) is 11.3. The number of hydrogen-bond donors (Lipinski definition) is 0. The van der Waals surface area contributed by atoms with Crippen LogP contribution in [0.15, 0.2) is 48.7 Å². The topological polar surface area (TPSA) is 22.3 Å². The van der Waals surface area contributed by atoms with E-state index in [1.807, 2.05) is 36.0 Å². The third-order valence-electron chi connectivity index (χ3n) is 4.69. The van der Waals surface area contributed by atoms with Crippen LogP contribution in [0, 0.1) is 0 Å². The van der Waals surface area contributed by atoms with Crippen molar-refractivity contribution in [3.05, 3.63) is 65.5 Å². The number of aryl methyl sites for hydroxylation is 3. The van der Waals surface area contributed by atoms with E-state index >= 15 is 0 Å². The Labute approximate surface area is 171 Å². The molecule has 1 aliphatic rings. The molecule has 1 aromatic heterocycles. The lowest BCUT2D eigenvalue weighted by atomic mass is 10.0. The van der Waals surface area contributed by atoms with Crippen LogP contribution in [0.3, 0.4) is 0 Å². The first-order valence-electron chi connectivity index (χ1n) is 8.29. The molecule has 27 heavy (non-hydrogen) atoms. The summed E-state index contributed by atoms with van der Waals surface area (Å²) in [6.45, 7) is 0.221. The number of rotatable bonds is 3. The van der Waals surface area contributed by atoms with Crippen molar-refractivity contribution < 1.29 is 51.2 Å². The molecule has 3 aromatic rings. The Hall–Kier alpha value is -2.03. The summed E-state index contributed by atoms with van der Waals surface area (Å²) in [7, 11) is 1.96. The quantitative estimate of drug-likeness (QED) is 0.410. The largest absolute Gasteiger partial charge is 1.00 e. The molecule has 2 heterocycles. The third-order valence-corrected chi connectivity index (χ3v) is 4.69. The minimum Gasteiger partial charge on any atom is -1.00 e. The summed E-state index contributed by atoms with van der Waals surface area (Å²) >= 11 is 0. The summed E-state index contributed by atoms with van der Waals surface area (Å²) in [5.74, 6) is 1.46. The highest BCUT2D eigenvalue weighted by Gasteiger charge is 2.30. The van der Waals surface area contributed by atoms with E-state index in [9.17, 15) is 13.2 Å². The van der Waals surface area contributed by atoms with Gasteiger partial charge in [-0.15, -0.1) is 0 Å². The van der Waals surface area contributed by atoms with Gasteiger partial charge in [0, 0.05) is 12.5 Å². The van der Waals surface area contributed by atoms with E-state index < -0.39 is 11.7 Å². The van der Waals surface area contributed by atoms with Gasteiger partial charge in [-0.05, 0) is 41.6 Å². The molecule has 3 nitrogen and oxygen atoms in total. The second-order valence-electron chi connectivity index (χ2n) is 6.36. The van der Waals surface area contributed by atoms with Gasteiger partial charge in [0.1, 0.15) is 7.05 Å². The Balaban J connectivity index is 0.00000210. The van der Waals surface area contributed by atoms with Crippen LogP contribution in [0.2, 0.25) is 0 Å². The summed E-state index contributed by atoms with van der Waals surface area (Å²) in [6.07, 6.45) is -0.964. The van der Waals surface area contributed by atoms with E-state index in [1.54, 1.807) is 12.1 Å². The molecule has 0 aliphatic carbocycles. The van der Waals surface area contributed by atoms with Gasteiger partial charge in [-0.3, -0.25) is 0 Å². The highest BCUT2D eigenvalue weighted by molar-refractivity contribution is 5.87. The molecule has 1 aliphatic heterocycles. The first-order valence-corrected chi connectivity index (χ1v) is 8.29. The van der Waals surface area contributed by atoms with Crippen LogP contribution in [-0.2, 0) is 26.1 Å². The fraction of sp³-hybridized carbons (Fsp3) is 0.250. The van der Waals surface area contributed by atoms with E-state index in [4.69, 9.17) is 9.47 Å². The van der Waals surface area contributed by atoms with Gasteiger partial charge in [-0.25, -0.2) is 4.57 Å². The third kappa shape index (κ3) is 3.97. The molecule has 0 atom stereocenters. The predicted molar refractivity (Wildman–Crippen MR) is 90.1 cm³/mol. The maximum absolute atomic E-state index is 12.7. The molecule has 0 saturated heterocycles. The molecule has 7 heteroatoms. The lowest BCUT2D eigenvalue weighted by molar-refractivity contribution is -0.677. The van der Waals surface area contributed by atoms with Crippen molar-refractivity contribution in [2.75, 3.05) is 6.79 Å². The van der Waals surface area contributed by atoms with Crippen molar-refractivity contribution in [2.45, 2.75) is 19.0 Å². The number of halogens is 4. The van der Waals surface area contributed by atoms with Crippen molar-refractivity contribution >= 4 is 10.8 Å². The van der Waals surface area contributed by atoms with Gasteiger partial charge in [0.25, 0.3) is 0 Å². The number of fused-ring (bicyclic) bond motifs is 2. The number of benzene rings is 2. The lowest BCUT2D eigenvalue weighted by Crippen LogP contribution is -3.00. The molecule has 0 spiro atoms. The Morgan fingerprint density at radius 1 is 0.963 bits per heavy atom. The number of alkyl halides is 3. The smallest absolute Gasteiger partial charge is 0.416 e. The van der Waals surface area contributed by atoms with Crippen LogP contribution in [0.4, 0.5) is 13.2 Å². The molecule has 0 unspecified atom stereocenters. The van der Waals surface area contributed by atoms with E-state index in [2.05, 4.69) is 0 Å². The van der Waals surface area contributed by atoms with Crippen LogP contribution in [0.25, 0.3) is 10.8 Å². The average Bonchev–Trinajstić information content (AvgIpc) is 3.06. The maximum Gasteiger partial charge on any atom is 0.416 e. The van der Waals surface area contributed by atoms with Crippen LogP contribution >= 0.6 is 0 Å². The van der Waals surface area contributed by atoms with Crippen molar-refractivity contribution in [1.29, 1.82) is 0 Å². The second kappa shape index (κ2) is 7.53. The van der Waals surface area contributed by atoms with Gasteiger partial charge in [0.15, 0.2) is 23.4 Å². The minimum absolute atomic E-state index is 0. The van der Waals surface area contributed by atoms with E-state index in [0.29, 0.717) is 12.8 Å². The molecule has 2 aromatic carbocycles. The molecule has 0 amide bonds. The van der Waals surface area contributed by atoms with Crippen molar-refractivity contribution in [2.24, 2.45) is 7.05 Å². The molecule has 142 valence electrons. The van der Waals surface area contributed by atoms with Gasteiger partial charge in [-0.2, -0.15) is 13.2 Å². The zero-order valence-electron chi connectivity index (χ0n) is 14.5. The SMILES string of the molecule is C[n+]1ccc2cc3c(cc2c1CCc1ccc(C(F)(F)F)cc1)OCO3.[I-]. The van der Waals surface area contributed by atoms with E-state index in [-0.39, 0.29) is 30.8 Å². The van der Waals surface area contributed by atoms with Crippen LogP contribution in [-0.4, -0.2) is 6.79 Å². The number of aromatic nitrogens is 1. The fourth-order valence-electron chi connectivity index (χ4n) is 3.25. The van der Waals surface area contributed by atoms with E-state index in [0.717, 1.165) is 45.7 Å². The summed E-state index contributed by atoms with van der Waals surface area (Å²) in [5, 5.41) is 2.11. The molecule has 0 N–H and O–H groups in total. The Morgan fingerprint density at radius 2 is 1.63 bits per heavy atom. The molecule has 4 rings (SSSR count). The van der Waals surface area contributed by atoms with E-state index in [1.165, 1.54) is 0 Å². The van der Waals surface area contributed by atoms with Crippen LogP contribution in [0.5, 0.6) is 11.5 Å². The molecule has 0 saturated carbocycles. The van der Waals surface area contributed by atoms with Gasteiger partial charge in [0.2, 0.25) is 6.79 Å². The van der Waals surface area contributed by atoms with Gasteiger partial charge < -0.3 is 33.5 Å². The number of pyridine rings is 1. The van der Waals surface area contributed by atoms with Crippen molar-refractivity contribution in [3.8, 4) is 11.5 Å². The standard InChI is InChI=1S/C20H17F3NO2.HI/c1-24-9-8-14-10-18-19(26-12-25-18)11-16(14)17(24)7-4-13-2-5-15(6-3-13)20(21,22)23;/h2-3,5-6,8-11H,4,7,12H2,1H3;1H/q+1;/p-1. The summed E-state index contributed by atoms with van der Waals surface area (Å²) in [4.78, 5) is 0. The predicted octanol–water partition coefficient (Wildman–Crippen LogP) is 1.20. The number of hydrogen-bond acceptors (Lipinski definition) is 2. The number of ether oxygens (including phenoxy) is 2. The maximum atomic E-state index is 12.7. The normalized spacial score (nSPS) is 12.9. The zero-order valence-corrected chi connectivity index (χ0v) is 16.7. The Kier molecular flexibility index (Phi) is 5.50. The zero-order chi connectivity index (χ0) is 18.3. The molecule has 0 radical (unpaired) electrons. The summed E-state index contributed by atoms with van der Waals surface area (Å²) in [5.41, 5.74) is 1.35. The molecular weight excluding hydrogens is 470 g/mol. The highest BCUT2D eigenvalue weighted by atomic mass is 127. The Bertz CT molecular complexity index is 972.